The van der Waals surface area contributed by atoms with Gasteiger partial charge in [0.1, 0.15) is 5.92 Å². The number of carbonyl (C=O) groups is 2. The van der Waals surface area contributed by atoms with Gasteiger partial charge in [-0.05, 0) is 74.0 Å². The predicted octanol–water partition coefficient (Wildman–Crippen LogP) is 5.85. The Bertz CT molecular complexity index is 1480. The molecule has 3 aromatic rings. The lowest BCUT2D eigenvalue weighted by molar-refractivity contribution is -0.146. The highest BCUT2D eigenvalue weighted by Crippen LogP contribution is 2.34. The summed E-state index contributed by atoms with van der Waals surface area (Å²) in [6.07, 6.45) is 5.06. The maximum Gasteiger partial charge on any atom is 0.323 e. The minimum Gasteiger partial charge on any atom is -0.465 e. The Labute approximate surface area is 234 Å². The van der Waals surface area contributed by atoms with Crippen LogP contribution < -0.4 is 4.90 Å². The van der Waals surface area contributed by atoms with E-state index in [0.29, 0.717) is 6.54 Å². The van der Waals surface area contributed by atoms with Crippen molar-refractivity contribution < 1.29 is 19.1 Å². The van der Waals surface area contributed by atoms with E-state index in [0.717, 1.165) is 22.6 Å². The molecule has 2 aliphatic rings. The van der Waals surface area contributed by atoms with Crippen LogP contribution in [-0.2, 0) is 19.1 Å². The zero-order valence-electron chi connectivity index (χ0n) is 22.4. The van der Waals surface area contributed by atoms with Crippen LogP contribution in [0.25, 0.3) is 6.08 Å². The van der Waals surface area contributed by atoms with Crippen molar-refractivity contribution in [1.29, 1.82) is 0 Å². The Balaban J connectivity index is 1.40. The summed E-state index contributed by atoms with van der Waals surface area (Å²) in [7, 11) is 0. The number of amidine groups is 1. The van der Waals surface area contributed by atoms with Crippen LogP contribution in [0.5, 0.6) is 0 Å². The van der Waals surface area contributed by atoms with Crippen LogP contribution in [0.4, 0.5) is 17.1 Å². The smallest absolute Gasteiger partial charge is 0.323 e. The number of anilines is 3. The van der Waals surface area contributed by atoms with Crippen molar-refractivity contribution in [3.63, 3.8) is 0 Å². The van der Waals surface area contributed by atoms with Gasteiger partial charge in [0, 0.05) is 23.6 Å². The van der Waals surface area contributed by atoms with Crippen molar-refractivity contribution in [2.75, 3.05) is 18.1 Å². The van der Waals surface area contributed by atoms with Gasteiger partial charge in [-0.1, -0.05) is 60.4 Å². The molecule has 1 aliphatic carbocycles. The lowest BCUT2D eigenvalue weighted by Gasteiger charge is -2.25. The molecule has 40 heavy (non-hydrogen) atoms. The van der Waals surface area contributed by atoms with E-state index in [4.69, 9.17) is 9.47 Å². The Morgan fingerprint density at radius 1 is 0.975 bits per heavy atom. The standard InChI is InChI=1S/C33H29N3O4/c1-3-35-31(37)30(40-33(35)34-29-18-12-11-17-28(29)32(38)39-4-2)23-24-19-21-27(22-20-24)36(25-13-7-5-8-14-25)26-15-9-6-10-16-26/h5-10,12-16,18-23,28-29H,3-4H2,1-2H3/b30-23+,34-33+/t28-,29?/m1/s1. The molecule has 5 rings (SSSR count). The number of rotatable bonds is 8. The van der Waals surface area contributed by atoms with Gasteiger partial charge in [-0.25, -0.2) is 4.99 Å². The van der Waals surface area contributed by atoms with Crippen LogP contribution in [0, 0.1) is 17.8 Å². The van der Waals surface area contributed by atoms with Gasteiger partial charge in [-0.15, -0.1) is 0 Å². The highest BCUT2D eigenvalue weighted by molar-refractivity contribution is 6.11. The van der Waals surface area contributed by atoms with Crippen molar-refractivity contribution in [1.82, 2.24) is 4.90 Å². The molecule has 0 saturated carbocycles. The van der Waals surface area contributed by atoms with Gasteiger partial charge in [0.25, 0.3) is 5.91 Å². The SMILES string of the molecule is CCOC(=O)[C@@H]1C#CC=CC1/N=C1/O/C(=C/c2ccc(N(c3ccccc3)c3ccccc3)cc2)C(=O)N1CC. The van der Waals surface area contributed by atoms with Crippen molar-refractivity contribution >= 4 is 41.0 Å². The lowest BCUT2D eigenvalue weighted by atomic mass is 9.98. The van der Waals surface area contributed by atoms with Gasteiger partial charge in [0.2, 0.25) is 0 Å². The highest BCUT2D eigenvalue weighted by Gasteiger charge is 2.36. The first-order chi connectivity index (χ1) is 19.6. The van der Waals surface area contributed by atoms with E-state index in [1.54, 1.807) is 25.2 Å². The third-order valence-electron chi connectivity index (χ3n) is 6.44. The quantitative estimate of drug-likeness (QED) is 0.207. The van der Waals surface area contributed by atoms with Crippen LogP contribution in [0.15, 0.2) is 108 Å². The zero-order valence-corrected chi connectivity index (χ0v) is 22.4. The first-order valence-corrected chi connectivity index (χ1v) is 13.2. The summed E-state index contributed by atoms with van der Waals surface area (Å²) in [5, 5.41) is 0. The molecule has 3 aromatic carbocycles. The molecule has 0 spiro atoms. The number of aliphatic imine (C=N–C) groups is 1. The number of carbonyl (C=O) groups excluding carboxylic acids is 2. The summed E-state index contributed by atoms with van der Waals surface area (Å²) >= 11 is 0. The third kappa shape index (κ3) is 5.67. The number of para-hydroxylation sites is 2. The monoisotopic (exact) mass is 531 g/mol. The molecule has 7 heteroatoms. The van der Waals surface area contributed by atoms with Crippen LogP contribution in [0.1, 0.15) is 19.4 Å². The summed E-state index contributed by atoms with van der Waals surface area (Å²) in [6, 6.07) is 27.7. The molecule has 1 saturated heterocycles. The molecule has 1 aliphatic heterocycles. The van der Waals surface area contributed by atoms with Crippen LogP contribution in [-0.4, -0.2) is 42.0 Å². The predicted molar refractivity (Wildman–Crippen MR) is 156 cm³/mol. The number of hydrogen-bond acceptors (Lipinski definition) is 6. The van der Waals surface area contributed by atoms with E-state index in [2.05, 4.69) is 46.0 Å². The van der Waals surface area contributed by atoms with E-state index < -0.39 is 17.9 Å². The molecule has 0 radical (unpaired) electrons. The van der Waals surface area contributed by atoms with E-state index in [9.17, 15) is 9.59 Å². The molecule has 1 unspecified atom stereocenters. The van der Waals surface area contributed by atoms with Crippen molar-refractivity contribution in [2.24, 2.45) is 10.9 Å². The fourth-order valence-electron chi connectivity index (χ4n) is 4.51. The van der Waals surface area contributed by atoms with E-state index >= 15 is 0 Å². The van der Waals surface area contributed by atoms with Crippen LogP contribution in [0.3, 0.4) is 0 Å². The number of amides is 1. The number of allylic oxidation sites excluding steroid dienone is 1. The van der Waals surface area contributed by atoms with E-state index in [1.807, 2.05) is 67.6 Å². The first-order valence-electron chi connectivity index (χ1n) is 13.2. The maximum absolute atomic E-state index is 13.2. The fourth-order valence-corrected chi connectivity index (χ4v) is 4.51. The van der Waals surface area contributed by atoms with Crippen LogP contribution in [0.2, 0.25) is 0 Å². The van der Waals surface area contributed by atoms with Gasteiger partial charge in [-0.2, -0.15) is 0 Å². The van der Waals surface area contributed by atoms with Gasteiger partial charge >= 0.3 is 12.0 Å². The first kappa shape index (κ1) is 26.5. The van der Waals surface area contributed by atoms with E-state index in [1.165, 1.54) is 4.90 Å². The normalized spacial score (nSPS) is 19.8. The average Bonchev–Trinajstić information content (AvgIpc) is 3.28. The number of hydrogen-bond donors (Lipinski definition) is 0. The summed E-state index contributed by atoms with van der Waals surface area (Å²) < 4.78 is 11.1. The molecular weight excluding hydrogens is 502 g/mol. The summed E-state index contributed by atoms with van der Waals surface area (Å²) in [6.45, 7) is 4.20. The Kier molecular flexibility index (Phi) is 8.07. The Morgan fingerprint density at radius 2 is 1.60 bits per heavy atom. The Morgan fingerprint density at radius 3 is 2.20 bits per heavy atom. The van der Waals surface area contributed by atoms with Crippen molar-refractivity contribution in [3.05, 3.63) is 108 Å². The molecular formula is C33H29N3O4. The molecule has 1 fully saturated rings. The number of likely N-dealkylation sites (N-methyl/N-ethyl adjacent to an activating group) is 1. The summed E-state index contributed by atoms with van der Waals surface area (Å²) in [4.78, 5) is 33.8. The number of esters is 1. The van der Waals surface area contributed by atoms with Crippen molar-refractivity contribution in [2.45, 2.75) is 19.9 Å². The minimum absolute atomic E-state index is 0.141. The maximum atomic E-state index is 13.2. The molecule has 0 aromatic heterocycles. The van der Waals surface area contributed by atoms with Gasteiger partial charge in [-0.3, -0.25) is 14.5 Å². The summed E-state index contributed by atoms with van der Waals surface area (Å²) in [5.41, 5.74) is 3.86. The molecule has 200 valence electrons. The second kappa shape index (κ2) is 12.2. The Hall–Kier alpha value is -5.09. The average molecular weight is 532 g/mol. The highest BCUT2D eigenvalue weighted by atomic mass is 16.5. The largest absolute Gasteiger partial charge is 0.465 e. The number of benzene rings is 3. The number of nitrogens with zero attached hydrogens (tertiary/aromatic N) is 3. The molecule has 0 N–H and O–H groups in total. The lowest BCUT2D eigenvalue weighted by Crippen LogP contribution is -2.33. The second-order valence-corrected chi connectivity index (χ2v) is 9.04. The van der Waals surface area contributed by atoms with Gasteiger partial charge in [0.15, 0.2) is 5.76 Å². The van der Waals surface area contributed by atoms with E-state index in [-0.39, 0.29) is 24.3 Å². The minimum atomic E-state index is -0.757. The fraction of sp³-hybridized carbons (Fsp3) is 0.182. The molecule has 2 atom stereocenters. The number of ether oxygens (including phenoxy) is 2. The topological polar surface area (TPSA) is 71.4 Å². The van der Waals surface area contributed by atoms with Crippen molar-refractivity contribution in [3.8, 4) is 11.8 Å². The van der Waals surface area contributed by atoms with Gasteiger partial charge in [0.05, 0.1) is 12.6 Å². The summed E-state index contributed by atoms with van der Waals surface area (Å²) in [5.74, 6) is 4.33. The third-order valence-corrected chi connectivity index (χ3v) is 6.44. The zero-order chi connectivity index (χ0) is 27.9. The molecule has 0 bridgehead atoms. The van der Waals surface area contributed by atoms with Crippen LogP contribution >= 0.6 is 0 Å². The molecule has 1 heterocycles. The van der Waals surface area contributed by atoms with Gasteiger partial charge < -0.3 is 14.4 Å². The molecule has 7 nitrogen and oxygen atoms in total. The second-order valence-electron chi connectivity index (χ2n) is 9.04. The molecule has 1 amide bonds.